The van der Waals surface area contributed by atoms with Crippen LogP contribution in [-0.4, -0.2) is 55.7 Å². The molecule has 2 unspecified atom stereocenters. The first-order valence-corrected chi connectivity index (χ1v) is 15.9. The SMILES string of the molecule is CCCCC(O)C(N)(CCCC)CCCC.CCCCC(O)C(N)(CCCC)CCCC.O=C(O)/C=C/C(=O)O. The Balaban J connectivity index is -0.000000543. The molecule has 0 saturated heterocycles. The molecule has 0 fully saturated rings. The molecular formula is C32H66N2O6. The second kappa shape index (κ2) is 27.7. The number of aliphatic carboxylic acids is 2. The lowest BCUT2D eigenvalue weighted by Gasteiger charge is -2.35. The summed E-state index contributed by atoms with van der Waals surface area (Å²) < 4.78 is 0. The van der Waals surface area contributed by atoms with Crippen molar-refractivity contribution in [2.45, 2.75) is 180 Å². The molecule has 8 nitrogen and oxygen atoms in total. The van der Waals surface area contributed by atoms with Crippen molar-refractivity contribution in [1.29, 1.82) is 0 Å². The first-order valence-electron chi connectivity index (χ1n) is 15.9. The Morgan fingerprint density at radius 3 is 0.950 bits per heavy atom. The Hall–Kier alpha value is -1.48. The fraction of sp³-hybridized carbons (Fsp3) is 0.875. The lowest BCUT2D eigenvalue weighted by Crippen LogP contribution is -2.50. The van der Waals surface area contributed by atoms with Crippen molar-refractivity contribution < 1.29 is 30.0 Å². The minimum Gasteiger partial charge on any atom is -0.478 e. The largest absolute Gasteiger partial charge is 0.478 e. The number of aliphatic hydroxyl groups excluding tert-OH is 2. The molecule has 0 aliphatic carbocycles. The molecule has 0 rings (SSSR count). The monoisotopic (exact) mass is 574 g/mol. The second-order valence-electron chi connectivity index (χ2n) is 11.2. The molecule has 40 heavy (non-hydrogen) atoms. The highest BCUT2D eigenvalue weighted by molar-refractivity contribution is 5.89. The molecule has 240 valence electrons. The Labute approximate surface area is 246 Å². The van der Waals surface area contributed by atoms with E-state index in [9.17, 15) is 19.8 Å². The second-order valence-corrected chi connectivity index (χ2v) is 11.2. The summed E-state index contributed by atoms with van der Waals surface area (Å²) in [4.78, 5) is 19.1. The maximum Gasteiger partial charge on any atom is 0.328 e. The summed E-state index contributed by atoms with van der Waals surface area (Å²) in [6, 6.07) is 0. The molecule has 0 radical (unpaired) electrons. The van der Waals surface area contributed by atoms with Crippen LogP contribution in [0, 0.1) is 0 Å². The third kappa shape index (κ3) is 24.3. The van der Waals surface area contributed by atoms with Crippen LogP contribution in [0.4, 0.5) is 0 Å². The number of unbranched alkanes of at least 4 members (excludes halogenated alkanes) is 6. The number of nitrogens with two attached hydrogens (primary N) is 2. The van der Waals surface area contributed by atoms with Crippen LogP contribution in [0.15, 0.2) is 12.2 Å². The molecule has 0 aromatic heterocycles. The average molecular weight is 575 g/mol. The van der Waals surface area contributed by atoms with Crippen LogP contribution in [0.1, 0.15) is 157 Å². The van der Waals surface area contributed by atoms with Gasteiger partial charge in [0.25, 0.3) is 0 Å². The van der Waals surface area contributed by atoms with Crippen molar-refractivity contribution in [3.05, 3.63) is 12.2 Å². The van der Waals surface area contributed by atoms with E-state index in [1.54, 1.807) is 0 Å². The van der Waals surface area contributed by atoms with Crippen molar-refractivity contribution in [2.75, 3.05) is 0 Å². The highest BCUT2D eigenvalue weighted by Crippen LogP contribution is 2.26. The number of hydrogen-bond donors (Lipinski definition) is 6. The molecule has 0 aromatic rings. The molecule has 0 bridgehead atoms. The Kier molecular flexibility index (Phi) is 29.7. The molecular weight excluding hydrogens is 508 g/mol. The third-order valence-electron chi connectivity index (χ3n) is 7.34. The van der Waals surface area contributed by atoms with Crippen molar-refractivity contribution >= 4 is 11.9 Å². The van der Waals surface area contributed by atoms with E-state index in [4.69, 9.17) is 21.7 Å². The Bertz CT molecular complexity index is 559. The van der Waals surface area contributed by atoms with Gasteiger partial charge in [0.15, 0.2) is 0 Å². The van der Waals surface area contributed by atoms with E-state index in [1.807, 2.05) is 0 Å². The zero-order valence-corrected chi connectivity index (χ0v) is 26.8. The number of rotatable bonds is 22. The van der Waals surface area contributed by atoms with Crippen molar-refractivity contribution in [1.82, 2.24) is 0 Å². The summed E-state index contributed by atoms with van der Waals surface area (Å²) in [6.45, 7) is 13.0. The Morgan fingerprint density at radius 1 is 0.550 bits per heavy atom. The van der Waals surface area contributed by atoms with Crippen LogP contribution in [0.2, 0.25) is 0 Å². The van der Waals surface area contributed by atoms with Gasteiger partial charge in [0.1, 0.15) is 0 Å². The topological polar surface area (TPSA) is 167 Å². The van der Waals surface area contributed by atoms with E-state index >= 15 is 0 Å². The van der Waals surface area contributed by atoms with Crippen molar-refractivity contribution in [3.8, 4) is 0 Å². The maximum absolute atomic E-state index is 10.2. The predicted octanol–water partition coefficient (Wildman–Crippen LogP) is 6.94. The standard InChI is InChI=1S/2C14H31NO.C4H4O4/c2*1-4-7-10-13(16)14(15,11-8-5-2)12-9-6-3;5-3(6)1-2-4(7)8/h2*13,16H,4-12,15H2,1-3H3;1-2H,(H,5,6)(H,7,8)/b;;2-1+. The van der Waals surface area contributed by atoms with Gasteiger partial charge in [-0.1, -0.05) is 119 Å². The summed E-state index contributed by atoms with van der Waals surface area (Å²) in [5.41, 5.74) is 12.1. The van der Waals surface area contributed by atoms with Crippen LogP contribution in [0.3, 0.4) is 0 Å². The molecule has 0 spiro atoms. The normalized spacial score (nSPS) is 13.2. The van der Waals surface area contributed by atoms with Crippen LogP contribution < -0.4 is 11.5 Å². The fourth-order valence-electron chi connectivity index (χ4n) is 4.45. The van der Waals surface area contributed by atoms with E-state index in [1.165, 1.54) is 0 Å². The molecule has 0 aliphatic rings. The van der Waals surface area contributed by atoms with Gasteiger partial charge in [0.2, 0.25) is 0 Å². The van der Waals surface area contributed by atoms with E-state index < -0.39 is 11.9 Å². The van der Waals surface area contributed by atoms with Crippen LogP contribution in [-0.2, 0) is 9.59 Å². The molecule has 0 heterocycles. The summed E-state index contributed by atoms with van der Waals surface area (Å²) in [5.74, 6) is -2.51. The average Bonchev–Trinajstić information content (AvgIpc) is 2.93. The molecule has 2 atom stereocenters. The van der Waals surface area contributed by atoms with Gasteiger partial charge >= 0.3 is 11.9 Å². The van der Waals surface area contributed by atoms with Crippen LogP contribution in [0.5, 0.6) is 0 Å². The minimum absolute atomic E-state index is 0.314. The van der Waals surface area contributed by atoms with Crippen molar-refractivity contribution in [3.63, 3.8) is 0 Å². The van der Waals surface area contributed by atoms with Gasteiger partial charge in [-0.3, -0.25) is 0 Å². The summed E-state index contributed by atoms with van der Waals surface area (Å²) >= 11 is 0. The van der Waals surface area contributed by atoms with Crippen LogP contribution >= 0.6 is 0 Å². The van der Waals surface area contributed by atoms with Crippen molar-refractivity contribution in [2.24, 2.45) is 11.5 Å². The van der Waals surface area contributed by atoms with E-state index in [0.717, 1.165) is 116 Å². The first kappa shape index (κ1) is 43.0. The molecule has 0 amide bonds. The van der Waals surface area contributed by atoms with Crippen LogP contribution in [0.25, 0.3) is 0 Å². The third-order valence-corrected chi connectivity index (χ3v) is 7.34. The van der Waals surface area contributed by atoms with E-state index in [2.05, 4.69) is 41.5 Å². The lowest BCUT2D eigenvalue weighted by atomic mass is 9.81. The number of aliphatic hydroxyl groups is 2. The Morgan fingerprint density at radius 2 is 0.775 bits per heavy atom. The minimum atomic E-state index is -1.26. The summed E-state index contributed by atoms with van der Waals surface area (Å²) in [7, 11) is 0. The van der Waals surface area contributed by atoms with Gasteiger partial charge in [-0.2, -0.15) is 0 Å². The highest BCUT2D eigenvalue weighted by Gasteiger charge is 2.32. The molecule has 0 aliphatic heterocycles. The zero-order valence-electron chi connectivity index (χ0n) is 26.8. The van der Waals surface area contributed by atoms with Gasteiger partial charge in [0, 0.05) is 23.2 Å². The molecule has 8 N–H and O–H groups in total. The van der Waals surface area contributed by atoms with Gasteiger partial charge in [-0.05, 0) is 38.5 Å². The van der Waals surface area contributed by atoms with Gasteiger partial charge in [0.05, 0.1) is 12.2 Å². The van der Waals surface area contributed by atoms with Gasteiger partial charge in [-0.15, -0.1) is 0 Å². The number of carboxylic acids is 2. The zero-order chi connectivity index (χ0) is 31.5. The summed E-state index contributed by atoms with van der Waals surface area (Å²) in [6.07, 6.45) is 19.7. The number of carbonyl (C=O) groups is 2. The fourth-order valence-corrected chi connectivity index (χ4v) is 4.45. The van der Waals surface area contributed by atoms with Gasteiger partial charge in [-0.25, -0.2) is 9.59 Å². The molecule has 0 saturated carbocycles. The lowest BCUT2D eigenvalue weighted by molar-refractivity contribution is -0.134. The highest BCUT2D eigenvalue weighted by atomic mass is 16.4. The van der Waals surface area contributed by atoms with Gasteiger partial charge < -0.3 is 31.9 Å². The molecule has 8 heteroatoms. The smallest absolute Gasteiger partial charge is 0.328 e. The summed E-state index contributed by atoms with van der Waals surface area (Å²) in [5, 5.41) is 36.1. The van der Waals surface area contributed by atoms with E-state index in [0.29, 0.717) is 12.2 Å². The number of carboxylic acid groups (broad SMARTS) is 2. The number of hydrogen-bond acceptors (Lipinski definition) is 6. The molecule has 0 aromatic carbocycles. The quantitative estimate of drug-likeness (QED) is 0.0756. The predicted molar refractivity (Wildman–Crippen MR) is 167 cm³/mol. The first-order chi connectivity index (χ1) is 18.8. The maximum atomic E-state index is 10.2. The van der Waals surface area contributed by atoms with E-state index in [-0.39, 0.29) is 23.3 Å².